The van der Waals surface area contributed by atoms with E-state index in [9.17, 15) is 9.90 Å². The van der Waals surface area contributed by atoms with Gasteiger partial charge in [-0.2, -0.15) is 0 Å². The van der Waals surface area contributed by atoms with Gasteiger partial charge in [-0.15, -0.1) is 0 Å². The molecule has 2 heteroatoms. The molecular weight excluding hydrogens is 248 g/mol. The molecule has 2 aromatic carbocycles. The van der Waals surface area contributed by atoms with Gasteiger partial charge in [-0.3, -0.25) is 4.79 Å². The van der Waals surface area contributed by atoms with Gasteiger partial charge in [-0.25, -0.2) is 0 Å². The van der Waals surface area contributed by atoms with Gasteiger partial charge in [0.15, 0.2) is 0 Å². The van der Waals surface area contributed by atoms with Crippen LogP contribution in [-0.2, 0) is 10.2 Å². The van der Waals surface area contributed by atoms with Crippen molar-refractivity contribution in [3.8, 4) is 0 Å². The Kier molecular flexibility index (Phi) is 4.23. The van der Waals surface area contributed by atoms with Gasteiger partial charge < -0.3 is 5.11 Å². The molecule has 2 aromatic rings. The molecule has 0 saturated carbocycles. The Hall–Kier alpha value is -2.09. The molecule has 0 fully saturated rings. The van der Waals surface area contributed by atoms with Crippen molar-refractivity contribution < 1.29 is 9.90 Å². The second kappa shape index (κ2) is 5.91. The third-order valence-electron chi connectivity index (χ3n) is 3.61. The summed E-state index contributed by atoms with van der Waals surface area (Å²) in [6.07, 6.45) is 0.580. The Labute approximate surface area is 120 Å². The minimum absolute atomic E-state index is 0.284. The fraction of sp³-hybridized carbons (Fsp3) is 0.278. The first-order valence-corrected chi connectivity index (χ1v) is 6.92. The number of benzene rings is 2. The van der Waals surface area contributed by atoms with Crippen molar-refractivity contribution in [2.24, 2.45) is 5.92 Å². The molecule has 0 radical (unpaired) electrons. The van der Waals surface area contributed by atoms with Crippen molar-refractivity contribution in [2.75, 3.05) is 0 Å². The summed E-state index contributed by atoms with van der Waals surface area (Å²) in [6.45, 7) is 4.12. The maximum Gasteiger partial charge on any atom is 0.318 e. The fourth-order valence-corrected chi connectivity index (χ4v) is 2.79. The van der Waals surface area contributed by atoms with Crippen LogP contribution in [0.15, 0.2) is 60.7 Å². The molecule has 0 amide bonds. The quantitative estimate of drug-likeness (QED) is 0.886. The molecule has 1 N–H and O–H groups in total. The number of rotatable bonds is 5. The molecule has 0 aromatic heterocycles. The number of carbonyl (C=O) groups is 1. The van der Waals surface area contributed by atoms with Crippen LogP contribution < -0.4 is 0 Å². The molecule has 20 heavy (non-hydrogen) atoms. The summed E-state index contributed by atoms with van der Waals surface area (Å²) >= 11 is 0. The molecule has 0 heterocycles. The first kappa shape index (κ1) is 14.3. The van der Waals surface area contributed by atoms with Gasteiger partial charge >= 0.3 is 5.97 Å². The van der Waals surface area contributed by atoms with E-state index in [4.69, 9.17) is 0 Å². The van der Waals surface area contributed by atoms with Gasteiger partial charge in [0.1, 0.15) is 5.41 Å². The van der Waals surface area contributed by atoms with Crippen LogP contribution in [-0.4, -0.2) is 11.1 Å². The normalized spacial score (nSPS) is 11.6. The molecule has 0 spiro atoms. The predicted octanol–water partition coefficient (Wildman–Crippen LogP) is 4.10. The number of hydrogen-bond donors (Lipinski definition) is 1. The summed E-state index contributed by atoms with van der Waals surface area (Å²) in [5.74, 6) is -0.505. The van der Waals surface area contributed by atoms with Crippen molar-refractivity contribution in [2.45, 2.75) is 25.7 Å². The van der Waals surface area contributed by atoms with E-state index in [0.717, 1.165) is 11.1 Å². The van der Waals surface area contributed by atoms with Crippen LogP contribution in [0.1, 0.15) is 31.4 Å². The van der Waals surface area contributed by atoms with Crippen molar-refractivity contribution in [3.63, 3.8) is 0 Å². The fourth-order valence-electron chi connectivity index (χ4n) is 2.79. The molecule has 2 nitrogen and oxygen atoms in total. The zero-order valence-electron chi connectivity index (χ0n) is 11.9. The van der Waals surface area contributed by atoms with Gasteiger partial charge in [0.25, 0.3) is 0 Å². The summed E-state index contributed by atoms with van der Waals surface area (Å²) in [6, 6.07) is 19.0. The van der Waals surface area contributed by atoms with E-state index >= 15 is 0 Å². The topological polar surface area (TPSA) is 37.3 Å². The SMILES string of the molecule is CC(C)CC(C(=O)O)(c1ccccc1)c1ccccc1. The van der Waals surface area contributed by atoms with Crippen molar-refractivity contribution in [3.05, 3.63) is 71.8 Å². The van der Waals surface area contributed by atoms with Gasteiger partial charge in [0.2, 0.25) is 0 Å². The first-order valence-electron chi connectivity index (χ1n) is 6.92. The third kappa shape index (κ3) is 2.60. The lowest BCUT2D eigenvalue weighted by Crippen LogP contribution is -2.38. The molecule has 0 aliphatic rings. The van der Waals surface area contributed by atoms with Crippen LogP contribution in [0.5, 0.6) is 0 Å². The van der Waals surface area contributed by atoms with E-state index in [2.05, 4.69) is 13.8 Å². The number of carboxylic acid groups (broad SMARTS) is 1. The monoisotopic (exact) mass is 268 g/mol. The number of aliphatic carboxylic acids is 1. The lowest BCUT2D eigenvalue weighted by molar-refractivity contribution is -0.142. The predicted molar refractivity (Wildman–Crippen MR) is 80.8 cm³/mol. The largest absolute Gasteiger partial charge is 0.480 e. The lowest BCUT2D eigenvalue weighted by Gasteiger charge is -2.32. The smallest absolute Gasteiger partial charge is 0.318 e. The zero-order chi connectivity index (χ0) is 14.6. The Morgan fingerprint density at radius 1 is 0.950 bits per heavy atom. The Balaban J connectivity index is 2.66. The van der Waals surface area contributed by atoms with Crippen LogP contribution in [0, 0.1) is 5.92 Å². The molecule has 0 unspecified atom stereocenters. The van der Waals surface area contributed by atoms with Crippen LogP contribution >= 0.6 is 0 Å². The van der Waals surface area contributed by atoms with E-state index in [1.807, 2.05) is 60.7 Å². The summed E-state index contributed by atoms with van der Waals surface area (Å²) in [5.41, 5.74) is 0.705. The van der Waals surface area contributed by atoms with Crippen molar-refractivity contribution in [1.29, 1.82) is 0 Å². The van der Waals surface area contributed by atoms with E-state index < -0.39 is 11.4 Å². The highest BCUT2D eigenvalue weighted by Crippen LogP contribution is 2.38. The van der Waals surface area contributed by atoms with Crippen LogP contribution in [0.25, 0.3) is 0 Å². The highest BCUT2D eigenvalue weighted by atomic mass is 16.4. The second-order valence-corrected chi connectivity index (χ2v) is 5.54. The minimum Gasteiger partial charge on any atom is -0.480 e. The van der Waals surface area contributed by atoms with Crippen LogP contribution in [0.2, 0.25) is 0 Å². The molecule has 104 valence electrons. The Morgan fingerprint density at radius 2 is 1.35 bits per heavy atom. The Morgan fingerprint density at radius 3 is 1.65 bits per heavy atom. The van der Waals surface area contributed by atoms with Crippen molar-refractivity contribution in [1.82, 2.24) is 0 Å². The van der Waals surface area contributed by atoms with E-state index in [1.54, 1.807) is 0 Å². The second-order valence-electron chi connectivity index (χ2n) is 5.54. The van der Waals surface area contributed by atoms with Gasteiger partial charge in [0, 0.05) is 0 Å². The van der Waals surface area contributed by atoms with Gasteiger partial charge in [0.05, 0.1) is 0 Å². The van der Waals surface area contributed by atoms with E-state index in [1.165, 1.54) is 0 Å². The molecule has 0 aliphatic heterocycles. The first-order chi connectivity index (χ1) is 9.57. The zero-order valence-corrected chi connectivity index (χ0v) is 11.9. The maximum absolute atomic E-state index is 12.2. The van der Waals surface area contributed by atoms with Crippen LogP contribution in [0.4, 0.5) is 0 Å². The molecule has 2 rings (SSSR count). The number of hydrogen-bond acceptors (Lipinski definition) is 1. The average Bonchev–Trinajstić information content (AvgIpc) is 2.46. The molecule has 0 bridgehead atoms. The highest BCUT2D eigenvalue weighted by molar-refractivity contribution is 5.86. The van der Waals surface area contributed by atoms with E-state index in [0.29, 0.717) is 6.42 Å². The standard InChI is InChI=1S/C18H20O2/c1-14(2)13-18(17(19)20,15-9-5-3-6-10-15)16-11-7-4-8-12-16/h3-12,14H,13H2,1-2H3,(H,19,20). The Bertz CT molecular complexity index is 519. The molecular formula is C18H20O2. The lowest BCUT2D eigenvalue weighted by atomic mass is 9.69. The average molecular weight is 268 g/mol. The van der Waals surface area contributed by atoms with Crippen LogP contribution in [0.3, 0.4) is 0 Å². The minimum atomic E-state index is -0.976. The number of carboxylic acids is 1. The van der Waals surface area contributed by atoms with E-state index in [-0.39, 0.29) is 5.92 Å². The molecule has 0 atom stereocenters. The van der Waals surface area contributed by atoms with Crippen molar-refractivity contribution >= 4 is 5.97 Å². The van der Waals surface area contributed by atoms with Gasteiger partial charge in [-0.05, 0) is 23.5 Å². The molecule has 0 saturated heterocycles. The van der Waals surface area contributed by atoms with Gasteiger partial charge in [-0.1, -0.05) is 74.5 Å². The summed E-state index contributed by atoms with van der Waals surface area (Å²) in [7, 11) is 0. The summed E-state index contributed by atoms with van der Waals surface area (Å²) in [4.78, 5) is 12.2. The molecule has 0 aliphatic carbocycles. The summed E-state index contributed by atoms with van der Waals surface area (Å²) in [5, 5.41) is 9.98. The highest BCUT2D eigenvalue weighted by Gasteiger charge is 2.42. The maximum atomic E-state index is 12.2. The summed E-state index contributed by atoms with van der Waals surface area (Å²) < 4.78 is 0. The third-order valence-corrected chi connectivity index (χ3v) is 3.61.